The molecule has 0 unspecified atom stereocenters. The summed E-state index contributed by atoms with van der Waals surface area (Å²) in [7, 11) is 2.03. The molecule has 1 N–H and O–H groups in total. The summed E-state index contributed by atoms with van der Waals surface area (Å²) < 4.78 is 43.7. The van der Waals surface area contributed by atoms with Crippen molar-refractivity contribution < 1.29 is 13.2 Å². The number of rotatable bonds is 6. The normalized spacial score (nSPS) is 11.8. The molecule has 0 radical (unpaired) electrons. The van der Waals surface area contributed by atoms with Gasteiger partial charge in [0.15, 0.2) is 0 Å². The number of anilines is 1. The van der Waals surface area contributed by atoms with E-state index in [1.807, 2.05) is 67.8 Å². The second-order valence-corrected chi connectivity index (χ2v) is 9.77. The van der Waals surface area contributed by atoms with Gasteiger partial charge in [-0.25, -0.2) is 0 Å². The van der Waals surface area contributed by atoms with Crippen molar-refractivity contribution in [3.05, 3.63) is 132 Å². The highest BCUT2D eigenvalue weighted by Crippen LogP contribution is 2.39. The molecular weight excluding hydrogens is 495 g/mol. The molecule has 0 spiro atoms. The van der Waals surface area contributed by atoms with Gasteiger partial charge in [0, 0.05) is 42.6 Å². The minimum absolute atomic E-state index is 0.0361. The van der Waals surface area contributed by atoms with Crippen molar-refractivity contribution in [2.75, 3.05) is 5.32 Å². The van der Waals surface area contributed by atoms with Gasteiger partial charge in [-0.15, -0.1) is 0 Å². The van der Waals surface area contributed by atoms with Gasteiger partial charge >= 0.3 is 6.18 Å². The van der Waals surface area contributed by atoms with Gasteiger partial charge in [-0.2, -0.15) is 13.2 Å². The van der Waals surface area contributed by atoms with Gasteiger partial charge in [-0.3, -0.25) is 4.98 Å². The predicted octanol–water partition coefficient (Wildman–Crippen LogP) is 8.62. The lowest BCUT2D eigenvalue weighted by molar-refractivity contribution is -0.136. The molecule has 39 heavy (non-hydrogen) atoms. The molecule has 0 bridgehead atoms. The molecule has 6 rings (SSSR count). The number of benzene rings is 4. The van der Waals surface area contributed by atoms with Crippen LogP contribution in [0.3, 0.4) is 0 Å². The number of nitrogens with zero attached hydrogens (tertiary/aromatic N) is 2. The molecule has 0 saturated heterocycles. The number of hydrogen-bond acceptors (Lipinski definition) is 2. The van der Waals surface area contributed by atoms with Crippen molar-refractivity contribution in [3.63, 3.8) is 0 Å². The SMILES string of the molecule is Cn1ccc2ccc(CNc3cccc(-c4c(Cc5ccccc5)cnc5c(C(F)(F)F)cccc45)c3)cc21. The molecule has 6 heteroatoms. The predicted molar refractivity (Wildman–Crippen MR) is 152 cm³/mol. The highest BCUT2D eigenvalue weighted by Gasteiger charge is 2.33. The van der Waals surface area contributed by atoms with Crippen LogP contribution in [0.5, 0.6) is 0 Å². The summed E-state index contributed by atoms with van der Waals surface area (Å²) in [5, 5.41) is 5.18. The highest BCUT2D eigenvalue weighted by molar-refractivity contribution is 5.98. The van der Waals surface area contributed by atoms with Crippen LogP contribution >= 0.6 is 0 Å². The van der Waals surface area contributed by atoms with Crippen molar-refractivity contribution >= 4 is 27.5 Å². The van der Waals surface area contributed by atoms with Crippen molar-refractivity contribution in [2.24, 2.45) is 7.05 Å². The van der Waals surface area contributed by atoms with Crippen LogP contribution in [0.1, 0.15) is 22.3 Å². The number of aryl methyl sites for hydroxylation is 1. The molecule has 0 amide bonds. The zero-order chi connectivity index (χ0) is 27.0. The number of aromatic nitrogens is 2. The largest absolute Gasteiger partial charge is 0.418 e. The molecule has 3 nitrogen and oxygen atoms in total. The molecule has 0 aliphatic rings. The Morgan fingerprint density at radius 2 is 1.64 bits per heavy atom. The quantitative estimate of drug-likeness (QED) is 0.238. The Labute approximate surface area is 224 Å². The monoisotopic (exact) mass is 521 g/mol. The van der Waals surface area contributed by atoms with Crippen molar-refractivity contribution in [1.82, 2.24) is 9.55 Å². The average molecular weight is 522 g/mol. The van der Waals surface area contributed by atoms with E-state index in [4.69, 9.17) is 0 Å². The molecule has 0 atom stereocenters. The van der Waals surface area contributed by atoms with Crippen LogP contribution in [-0.4, -0.2) is 9.55 Å². The Hall–Kier alpha value is -4.58. The third-order valence-electron chi connectivity index (χ3n) is 7.12. The Kier molecular flexibility index (Phi) is 6.31. The molecule has 4 aromatic carbocycles. The summed E-state index contributed by atoms with van der Waals surface area (Å²) in [6.07, 6.45) is -0.298. The van der Waals surface area contributed by atoms with Crippen LogP contribution in [0.15, 0.2) is 109 Å². The summed E-state index contributed by atoms with van der Waals surface area (Å²) in [5.41, 5.74) is 5.99. The topological polar surface area (TPSA) is 29.9 Å². The first kappa shape index (κ1) is 24.7. The van der Waals surface area contributed by atoms with Gasteiger partial charge in [0.1, 0.15) is 0 Å². The van der Waals surface area contributed by atoms with Gasteiger partial charge in [-0.1, -0.05) is 66.7 Å². The van der Waals surface area contributed by atoms with E-state index in [0.29, 0.717) is 18.4 Å². The number of para-hydroxylation sites is 1. The fourth-order valence-electron chi connectivity index (χ4n) is 5.19. The molecule has 0 aliphatic heterocycles. The second-order valence-electron chi connectivity index (χ2n) is 9.77. The van der Waals surface area contributed by atoms with E-state index in [9.17, 15) is 13.2 Å². The fourth-order valence-corrected chi connectivity index (χ4v) is 5.19. The lowest BCUT2D eigenvalue weighted by Crippen LogP contribution is -2.07. The first-order valence-corrected chi connectivity index (χ1v) is 12.8. The smallest absolute Gasteiger partial charge is 0.381 e. The Morgan fingerprint density at radius 3 is 2.46 bits per heavy atom. The van der Waals surface area contributed by atoms with E-state index in [2.05, 4.69) is 39.1 Å². The summed E-state index contributed by atoms with van der Waals surface area (Å²) in [5.74, 6) is 0. The van der Waals surface area contributed by atoms with Gasteiger partial charge in [0.05, 0.1) is 11.1 Å². The fraction of sp³-hybridized carbons (Fsp3) is 0.121. The highest BCUT2D eigenvalue weighted by atomic mass is 19.4. The van der Waals surface area contributed by atoms with Crippen molar-refractivity contribution in [2.45, 2.75) is 19.1 Å². The Bertz CT molecular complexity index is 1790. The minimum atomic E-state index is -4.49. The van der Waals surface area contributed by atoms with Crippen LogP contribution in [0, 0.1) is 0 Å². The zero-order valence-electron chi connectivity index (χ0n) is 21.3. The van der Waals surface area contributed by atoms with Crippen LogP contribution in [-0.2, 0) is 26.2 Å². The van der Waals surface area contributed by atoms with E-state index in [0.717, 1.165) is 45.1 Å². The van der Waals surface area contributed by atoms with Gasteiger partial charge in [-0.05, 0) is 70.0 Å². The summed E-state index contributed by atoms with van der Waals surface area (Å²) in [6.45, 7) is 0.622. The molecule has 0 aliphatic carbocycles. The molecule has 2 heterocycles. The Balaban J connectivity index is 1.41. The zero-order valence-corrected chi connectivity index (χ0v) is 21.3. The number of alkyl halides is 3. The van der Waals surface area contributed by atoms with Gasteiger partial charge in [0.25, 0.3) is 0 Å². The van der Waals surface area contributed by atoms with Crippen molar-refractivity contribution in [1.29, 1.82) is 0 Å². The maximum Gasteiger partial charge on any atom is 0.418 e. The van der Waals surface area contributed by atoms with Gasteiger partial charge in [0.2, 0.25) is 0 Å². The molecule has 194 valence electrons. The molecule has 2 aromatic heterocycles. The van der Waals surface area contributed by atoms with Crippen LogP contribution in [0.2, 0.25) is 0 Å². The molecule has 0 fully saturated rings. The van der Waals surface area contributed by atoms with Crippen LogP contribution < -0.4 is 5.32 Å². The Morgan fingerprint density at radius 1 is 0.821 bits per heavy atom. The third kappa shape index (κ3) is 4.98. The number of fused-ring (bicyclic) bond motifs is 2. The molecule has 6 aromatic rings. The lowest BCUT2D eigenvalue weighted by Gasteiger charge is -2.17. The summed E-state index contributed by atoms with van der Waals surface area (Å²) in [6, 6.07) is 30.5. The molecular formula is C33H26F3N3. The van der Waals surface area contributed by atoms with Gasteiger partial charge < -0.3 is 9.88 Å². The maximum atomic E-state index is 13.9. The standard InChI is InChI=1S/C33H26F3N3/c1-39-16-15-24-14-13-23(18-30(24)39)20-37-27-10-5-9-25(19-27)31-26(17-22-7-3-2-4-8-22)21-38-32-28(31)11-6-12-29(32)33(34,35)36/h2-16,18-19,21,37H,17,20H2,1H3. The number of nitrogens with one attached hydrogen (secondary N) is 1. The van der Waals surface area contributed by atoms with E-state index in [1.165, 1.54) is 11.5 Å². The number of pyridine rings is 1. The van der Waals surface area contributed by atoms with E-state index in [-0.39, 0.29) is 5.52 Å². The van der Waals surface area contributed by atoms with Crippen LogP contribution in [0.25, 0.3) is 32.9 Å². The number of hydrogen-bond donors (Lipinski definition) is 1. The van der Waals surface area contributed by atoms with E-state index < -0.39 is 11.7 Å². The van der Waals surface area contributed by atoms with Crippen molar-refractivity contribution in [3.8, 4) is 11.1 Å². The number of halogens is 3. The van der Waals surface area contributed by atoms with Crippen LogP contribution in [0.4, 0.5) is 18.9 Å². The minimum Gasteiger partial charge on any atom is -0.381 e. The molecule has 0 saturated carbocycles. The first-order valence-electron chi connectivity index (χ1n) is 12.8. The third-order valence-corrected chi connectivity index (χ3v) is 7.12. The first-order chi connectivity index (χ1) is 18.9. The lowest BCUT2D eigenvalue weighted by atomic mass is 9.91. The van der Waals surface area contributed by atoms with E-state index >= 15 is 0 Å². The summed E-state index contributed by atoms with van der Waals surface area (Å²) >= 11 is 0. The van der Waals surface area contributed by atoms with E-state index in [1.54, 1.807) is 12.3 Å². The average Bonchev–Trinajstić information content (AvgIpc) is 3.31. The maximum absolute atomic E-state index is 13.9. The second kappa shape index (κ2) is 9.95. The summed E-state index contributed by atoms with van der Waals surface area (Å²) in [4.78, 5) is 4.32.